The van der Waals surface area contributed by atoms with Crippen LogP contribution in [0.4, 0.5) is 20.6 Å². The zero-order valence-electron chi connectivity index (χ0n) is 16.2. The lowest BCUT2D eigenvalue weighted by Crippen LogP contribution is -2.33. The van der Waals surface area contributed by atoms with Crippen molar-refractivity contribution in [2.45, 2.75) is 6.54 Å². The van der Waals surface area contributed by atoms with E-state index in [4.69, 9.17) is 5.73 Å². The Morgan fingerprint density at radius 3 is 2.32 bits per heavy atom. The summed E-state index contributed by atoms with van der Waals surface area (Å²) in [6.45, 7) is 0.457. The number of urea groups is 1. The van der Waals surface area contributed by atoms with Crippen LogP contribution in [0.3, 0.4) is 0 Å². The summed E-state index contributed by atoms with van der Waals surface area (Å²) in [5.74, 6) is -0.304. The summed E-state index contributed by atoms with van der Waals surface area (Å²) in [4.78, 5) is 39.2. The van der Waals surface area contributed by atoms with Crippen LogP contribution in [0, 0.1) is 5.82 Å². The average Bonchev–Trinajstić information content (AvgIpc) is 2.74. The normalized spacial score (nSPS) is 10.7. The van der Waals surface area contributed by atoms with Crippen molar-refractivity contribution >= 4 is 28.3 Å². The number of nitrogens with one attached hydrogen (secondary N) is 3. The Labute approximate surface area is 175 Å². The van der Waals surface area contributed by atoms with E-state index >= 15 is 0 Å². The third-order valence-electron chi connectivity index (χ3n) is 4.70. The zero-order valence-corrected chi connectivity index (χ0v) is 16.2. The number of nitrogens with zero attached hydrogens (tertiary/aromatic N) is 1. The lowest BCUT2D eigenvalue weighted by atomic mass is 10.2. The highest BCUT2D eigenvalue weighted by molar-refractivity contribution is 5.87. The van der Waals surface area contributed by atoms with Crippen molar-refractivity contribution in [3.63, 3.8) is 0 Å². The van der Waals surface area contributed by atoms with Gasteiger partial charge < -0.3 is 21.4 Å². The smallest absolute Gasteiger partial charge is 0.333 e. The lowest BCUT2D eigenvalue weighted by molar-refractivity contribution is 0.259. The van der Waals surface area contributed by atoms with Gasteiger partial charge in [-0.15, -0.1) is 0 Å². The highest BCUT2D eigenvalue weighted by Gasteiger charge is 2.10. The van der Waals surface area contributed by atoms with Crippen molar-refractivity contribution in [2.75, 3.05) is 10.6 Å². The summed E-state index contributed by atoms with van der Waals surface area (Å²) in [7, 11) is 0. The topological polar surface area (TPSA) is 122 Å². The van der Waals surface area contributed by atoms with Gasteiger partial charge in [0.25, 0.3) is 5.56 Å². The number of amides is 2. The van der Waals surface area contributed by atoms with Crippen molar-refractivity contribution in [2.24, 2.45) is 5.73 Å². The van der Waals surface area contributed by atoms with Gasteiger partial charge in [0.2, 0.25) is 0 Å². The molecule has 3 aromatic carbocycles. The second kappa shape index (κ2) is 8.15. The van der Waals surface area contributed by atoms with Crippen molar-refractivity contribution in [3.8, 4) is 5.69 Å². The highest BCUT2D eigenvalue weighted by Crippen LogP contribution is 2.16. The van der Waals surface area contributed by atoms with Crippen LogP contribution < -0.4 is 27.6 Å². The summed E-state index contributed by atoms with van der Waals surface area (Å²) in [6.07, 6.45) is 0. The van der Waals surface area contributed by atoms with Crippen LogP contribution in [0.5, 0.6) is 0 Å². The van der Waals surface area contributed by atoms with Gasteiger partial charge in [-0.2, -0.15) is 0 Å². The van der Waals surface area contributed by atoms with Gasteiger partial charge in [-0.05, 0) is 60.2 Å². The van der Waals surface area contributed by atoms with Crippen LogP contribution >= 0.6 is 0 Å². The van der Waals surface area contributed by atoms with Crippen molar-refractivity contribution < 1.29 is 9.18 Å². The SMILES string of the molecule is NC(=O)Nc1ccc(-n2c(=O)[nH]c3cc(NCc4ccc(F)cc4)ccc3c2=O)cc1. The minimum Gasteiger partial charge on any atom is -0.381 e. The molecular weight excluding hydrogens is 401 g/mol. The van der Waals surface area contributed by atoms with Gasteiger partial charge in [-0.25, -0.2) is 18.5 Å². The van der Waals surface area contributed by atoms with E-state index < -0.39 is 17.3 Å². The Morgan fingerprint density at radius 1 is 0.968 bits per heavy atom. The first-order valence-electron chi connectivity index (χ1n) is 9.35. The lowest BCUT2D eigenvalue weighted by Gasteiger charge is -2.10. The number of nitrogens with two attached hydrogens (primary N) is 1. The van der Waals surface area contributed by atoms with E-state index in [9.17, 15) is 18.8 Å². The number of aromatic nitrogens is 2. The molecule has 4 rings (SSSR count). The largest absolute Gasteiger partial charge is 0.381 e. The van der Waals surface area contributed by atoms with Crippen LogP contribution in [-0.4, -0.2) is 15.6 Å². The molecule has 9 heteroatoms. The number of rotatable bonds is 5. The fourth-order valence-electron chi connectivity index (χ4n) is 3.20. The van der Waals surface area contributed by atoms with E-state index in [1.165, 1.54) is 24.3 Å². The molecule has 0 aliphatic carbocycles. The van der Waals surface area contributed by atoms with Gasteiger partial charge in [-0.3, -0.25) is 4.79 Å². The minimum absolute atomic E-state index is 0.304. The molecule has 0 unspecified atom stereocenters. The van der Waals surface area contributed by atoms with E-state index in [2.05, 4.69) is 15.6 Å². The third kappa shape index (κ3) is 4.30. The molecule has 0 aliphatic heterocycles. The first kappa shape index (κ1) is 19.9. The number of benzene rings is 3. The van der Waals surface area contributed by atoms with Gasteiger partial charge in [0.05, 0.1) is 16.6 Å². The molecule has 5 N–H and O–H groups in total. The van der Waals surface area contributed by atoms with E-state index in [-0.39, 0.29) is 5.82 Å². The number of hydrogen-bond acceptors (Lipinski definition) is 4. The summed E-state index contributed by atoms with van der Waals surface area (Å²) in [5, 5.41) is 5.94. The predicted octanol–water partition coefficient (Wildman–Crippen LogP) is 2.92. The van der Waals surface area contributed by atoms with Gasteiger partial charge in [0, 0.05) is 17.9 Å². The molecule has 0 aliphatic rings. The molecule has 2 amide bonds. The molecule has 0 fully saturated rings. The molecule has 0 bridgehead atoms. The van der Waals surface area contributed by atoms with Crippen molar-refractivity contribution in [1.29, 1.82) is 0 Å². The Morgan fingerprint density at radius 2 is 1.65 bits per heavy atom. The molecule has 156 valence electrons. The summed E-state index contributed by atoms with van der Waals surface area (Å²) >= 11 is 0. The number of halogens is 1. The zero-order chi connectivity index (χ0) is 22.0. The number of carbonyl (C=O) groups excluding carboxylic acids is 1. The molecule has 1 heterocycles. The number of fused-ring (bicyclic) bond motifs is 1. The highest BCUT2D eigenvalue weighted by atomic mass is 19.1. The maximum Gasteiger partial charge on any atom is 0.333 e. The minimum atomic E-state index is -0.711. The number of carbonyl (C=O) groups is 1. The fraction of sp³-hybridized carbons (Fsp3) is 0.0455. The standard InChI is InChI=1S/C22H18FN5O3/c23-14-3-1-13(2-4-14)12-25-16-7-10-18-19(11-16)27-22(31)28(20(18)29)17-8-5-15(6-9-17)26-21(24)30/h1-11,25H,12H2,(H,27,31)(H3,24,26,30). The van der Waals surface area contributed by atoms with Crippen LogP contribution in [0.2, 0.25) is 0 Å². The monoisotopic (exact) mass is 419 g/mol. The van der Waals surface area contributed by atoms with E-state index in [0.29, 0.717) is 34.5 Å². The van der Waals surface area contributed by atoms with Gasteiger partial charge >= 0.3 is 11.7 Å². The molecule has 4 aromatic rings. The first-order chi connectivity index (χ1) is 14.9. The van der Waals surface area contributed by atoms with Crippen LogP contribution in [0.1, 0.15) is 5.56 Å². The molecule has 1 aromatic heterocycles. The summed E-state index contributed by atoms with van der Waals surface area (Å²) < 4.78 is 14.0. The fourth-order valence-corrected chi connectivity index (χ4v) is 3.20. The molecule has 0 radical (unpaired) electrons. The Hall–Kier alpha value is -4.40. The summed E-state index contributed by atoms with van der Waals surface area (Å²) in [5.41, 5.74) is 6.78. The quantitative estimate of drug-likeness (QED) is 0.397. The third-order valence-corrected chi connectivity index (χ3v) is 4.70. The number of aromatic amines is 1. The second-order valence-corrected chi connectivity index (χ2v) is 6.85. The molecule has 0 saturated heterocycles. The molecule has 8 nitrogen and oxygen atoms in total. The number of H-pyrrole nitrogens is 1. The van der Waals surface area contributed by atoms with Crippen molar-refractivity contribution in [3.05, 3.63) is 98.9 Å². The van der Waals surface area contributed by atoms with Crippen LogP contribution in [0.25, 0.3) is 16.6 Å². The number of anilines is 2. The maximum atomic E-state index is 13.0. The van der Waals surface area contributed by atoms with E-state index in [1.807, 2.05) is 0 Å². The number of hydrogen-bond donors (Lipinski definition) is 4. The second-order valence-electron chi connectivity index (χ2n) is 6.85. The molecule has 31 heavy (non-hydrogen) atoms. The summed E-state index contributed by atoms with van der Waals surface area (Å²) in [6, 6.07) is 16.6. The average molecular weight is 419 g/mol. The first-order valence-corrected chi connectivity index (χ1v) is 9.35. The van der Waals surface area contributed by atoms with Gasteiger partial charge in [0.1, 0.15) is 5.82 Å². The van der Waals surface area contributed by atoms with Gasteiger partial charge in [-0.1, -0.05) is 12.1 Å². The van der Waals surface area contributed by atoms with E-state index in [0.717, 1.165) is 10.1 Å². The van der Waals surface area contributed by atoms with Crippen molar-refractivity contribution in [1.82, 2.24) is 9.55 Å². The van der Waals surface area contributed by atoms with E-state index in [1.54, 1.807) is 42.5 Å². The van der Waals surface area contributed by atoms with Gasteiger partial charge in [0.15, 0.2) is 0 Å². The predicted molar refractivity (Wildman–Crippen MR) is 117 cm³/mol. The number of primary amides is 1. The molecule has 0 saturated carbocycles. The van der Waals surface area contributed by atoms with Crippen LogP contribution in [0.15, 0.2) is 76.3 Å². The Balaban J connectivity index is 1.63. The maximum absolute atomic E-state index is 13.0. The Bertz CT molecular complexity index is 1380. The van der Waals surface area contributed by atoms with Crippen LogP contribution in [-0.2, 0) is 6.54 Å². The molecular formula is C22H18FN5O3. The Kier molecular flexibility index (Phi) is 5.23. The molecule has 0 spiro atoms. The molecule has 0 atom stereocenters.